The van der Waals surface area contributed by atoms with Gasteiger partial charge in [0.2, 0.25) is 5.91 Å². The van der Waals surface area contributed by atoms with E-state index in [0.717, 1.165) is 5.56 Å². The van der Waals surface area contributed by atoms with Gasteiger partial charge in [-0.25, -0.2) is 0 Å². The molecule has 3 rings (SSSR count). The molecule has 164 valence electrons. The van der Waals surface area contributed by atoms with Gasteiger partial charge in [-0.3, -0.25) is 14.4 Å². The minimum absolute atomic E-state index is 0.0151. The molecule has 0 spiro atoms. The molecule has 0 N–H and O–H groups in total. The van der Waals surface area contributed by atoms with Crippen molar-refractivity contribution in [2.45, 2.75) is 25.2 Å². The number of ether oxygens (including phenoxy) is 3. The maximum absolute atomic E-state index is 13.2. The van der Waals surface area contributed by atoms with Gasteiger partial charge in [-0.05, 0) is 36.6 Å². The van der Waals surface area contributed by atoms with Crippen molar-refractivity contribution in [2.75, 3.05) is 33.9 Å². The second-order valence-electron chi connectivity index (χ2n) is 7.52. The molecule has 1 aliphatic rings. The third-order valence-electron chi connectivity index (χ3n) is 5.82. The normalized spacial score (nSPS) is 15.1. The maximum Gasteiger partial charge on any atom is 0.317 e. The first kappa shape index (κ1) is 22.3. The molecule has 7 heteroatoms. The molecule has 0 radical (unpaired) electrons. The van der Waals surface area contributed by atoms with Gasteiger partial charge in [0.15, 0.2) is 23.9 Å². The molecule has 31 heavy (non-hydrogen) atoms. The molecule has 0 aromatic heterocycles. The lowest BCUT2D eigenvalue weighted by Gasteiger charge is -2.40. The van der Waals surface area contributed by atoms with Gasteiger partial charge >= 0.3 is 5.97 Å². The van der Waals surface area contributed by atoms with Crippen molar-refractivity contribution in [3.8, 4) is 11.5 Å². The predicted octanol–water partition coefficient (Wildman–Crippen LogP) is 3.01. The van der Waals surface area contributed by atoms with Crippen LogP contribution in [-0.2, 0) is 19.7 Å². The molecule has 1 fully saturated rings. The van der Waals surface area contributed by atoms with Crippen LogP contribution in [-0.4, -0.2) is 56.5 Å². The molecule has 2 aromatic rings. The van der Waals surface area contributed by atoms with E-state index in [1.807, 2.05) is 30.3 Å². The summed E-state index contributed by atoms with van der Waals surface area (Å²) < 4.78 is 15.9. The minimum Gasteiger partial charge on any atom is -0.493 e. The Kier molecular flexibility index (Phi) is 6.95. The third kappa shape index (κ3) is 4.71. The second-order valence-corrected chi connectivity index (χ2v) is 7.52. The Balaban J connectivity index is 1.76. The zero-order valence-corrected chi connectivity index (χ0v) is 18.1. The van der Waals surface area contributed by atoms with Crippen molar-refractivity contribution in [1.82, 2.24) is 4.90 Å². The average molecular weight is 425 g/mol. The van der Waals surface area contributed by atoms with Crippen LogP contribution in [0.15, 0.2) is 48.5 Å². The summed E-state index contributed by atoms with van der Waals surface area (Å²) in [5.41, 5.74) is 0.317. The smallest absolute Gasteiger partial charge is 0.317 e. The monoisotopic (exact) mass is 425 g/mol. The van der Waals surface area contributed by atoms with Crippen LogP contribution >= 0.6 is 0 Å². The molecule has 1 amide bonds. The van der Waals surface area contributed by atoms with Crippen LogP contribution in [0.5, 0.6) is 11.5 Å². The summed E-state index contributed by atoms with van der Waals surface area (Å²) in [6, 6.07) is 14.2. The molecular formula is C24H27NO6. The third-order valence-corrected chi connectivity index (χ3v) is 5.82. The summed E-state index contributed by atoms with van der Waals surface area (Å²) in [5.74, 6) is 0.140. The number of nitrogens with zero attached hydrogens (tertiary/aromatic N) is 1. The number of carbonyl (C=O) groups excluding carboxylic acids is 3. The summed E-state index contributed by atoms with van der Waals surface area (Å²) >= 11 is 0. The average Bonchev–Trinajstić information content (AvgIpc) is 2.82. The first-order chi connectivity index (χ1) is 14.9. The van der Waals surface area contributed by atoms with E-state index in [2.05, 4.69) is 0 Å². The molecule has 0 unspecified atom stereocenters. The van der Waals surface area contributed by atoms with Gasteiger partial charge in [0.25, 0.3) is 0 Å². The van der Waals surface area contributed by atoms with Crippen LogP contribution < -0.4 is 9.47 Å². The number of methoxy groups -OCH3 is 2. The van der Waals surface area contributed by atoms with E-state index in [0.29, 0.717) is 43.0 Å². The number of rotatable bonds is 7. The Bertz CT molecular complexity index is 948. The van der Waals surface area contributed by atoms with E-state index in [4.69, 9.17) is 14.2 Å². The Hall–Kier alpha value is -3.35. The van der Waals surface area contributed by atoms with Gasteiger partial charge in [0, 0.05) is 25.6 Å². The number of piperidine rings is 1. The number of likely N-dealkylation sites (tertiary alicyclic amines) is 1. The van der Waals surface area contributed by atoms with E-state index in [1.165, 1.54) is 21.1 Å². The van der Waals surface area contributed by atoms with Gasteiger partial charge in [0.05, 0.1) is 19.6 Å². The number of ketones is 1. The topological polar surface area (TPSA) is 82.1 Å². The van der Waals surface area contributed by atoms with E-state index < -0.39 is 11.4 Å². The highest BCUT2D eigenvalue weighted by atomic mass is 16.5. The summed E-state index contributed by atoms with van der Waals surface area (Å²) in [6.07, 6.45) is 0.889. The molecule has 0 saturated carbocycles. The lowest BCUT2D eigenvalue weighted by molar-refractivity contribution is -0.153. The molecule has 1 aliphatic heterocycles. The Labute approximate surface area is 181 Å². The first-order valence-corrected chi connectivity index (χ1v) is 10.1. The Morgan fingerprint density at radius 1 is 0.935 bits per heavy atom. The van der Waals surface area contributed by atoms with Gasteiger partial charge < -0.3 is 19.1 Å². The van der Waals surface area contributed by atoms with E-state index in [9.17, 15) is 14.4 Å². The molecule has 7 nitrogen and oxygen atoms in total. The van der Waals surface area contributed by atoms with Crippen LogP contribution in [0.1, 0.15) is 35.7 Å². The van der Waals surface area contributed by atoms with Crippen LogP contribution in [0.3, 0.4) is 0 Å². The van der Waals surface area contributed by atoms with E-state index in [1.54, 1.807) is 23.1 Å². The molecule has 2 aromatic carbocycles. The number of hydrogen-bond donors (Lipinski definition) is 0. The Morgan fingerprint density at radius 3 is 2.16 bits per heavy atom. The number of carbonyl (C=O) groups is 3. The second kappa shape index (κ2) is 9.64. The minimum atomic E-state index is -0.884. The fourth-order valence-corrected chi connectivity index (χ4v) is 3.93. The summed E-state index contributed by atoms with van der Waals surface area (Å²) in [6.45, 7) is 2.07. The molecule has 0 atom stereocenters. The molecule has 1 saturated heterocycles. The van der Waals surface area contributed by atoms with Crippen LogP contribution in [0.4, 0.5) is 0 Å². The zero-order valence-electron chi connectivity index (χ0n) is 18.1. The van der Waals surface area contributed by atoms with Crippen molar-refractivity contribution < 1.29 is 28.6 Å². The molecule has 1 heterocycles. The molecule has 0 bridgehead atoms. The van der Waals surface area contributed by atoms with Crippen molar-refractivity contribution in [1.29, 1.82) is 0 Å². The lowest BCUT2D eigenvalue weighted by Crippen LogP contribution is -2.49. The fraction of sp³-hybridized carbons (Fsp3) is 0.375. The highest BCUT2D eigenvalue weighted by Crippen LogP contribution is 2.37. The highest BCUT2D eigenvalue weighted by molar-refractivity contribution is 5.99. The number of hydrogen-bond acceptors (Lipinski definition) is 6. The SMILES string of the molecule is COc1ccc(C(=O)COC(=O)C2(c3ccccc3)CCN(C(C)=O)CC2)cc1OC. The largest absolute Gasteiger partial charge is 0.493 e. The standard InChI is InChI=1S/C24H27NO6/c1-17(26)25-13-11-24(12-14-25,19-7-5-4-6-8-19)23(28)31-16-20(27)18-9-10-21(29-2)22(15-18)30-3/h4-10,15H,11-14,16H2,1-3H3. The van der Waals surface area contributed by atoms with E-state index in [-0.39, 0.29) is 18.3 Å². The van der Waals surface area contributed by atoms with Crippen LogP contribution in [0, 0.1) is 0 Å². The van der Waals surface area contributed by atoms with E-state index >= 15 is 0 Å². The van der Waals surface area contributed by atoms with Gasteiger partial charge in [-0.15, -0.1) is 0 Å². The number of esters is 1. The van der Waals surface area contributed by atoms with Gasteiger partial charge in [-0.1, -0.05) is 30.3 Å². The fourth-order valence-electron chi connectivity index (χ4n) is 3.93. The first-order valence-electron chi connectivity index (χ1n) is 10.1. The highest BCUT2D eigenvalue weighted by Gasteiger charge is 2.44. The Morgan fingerprint density at radius 2 is 1.58 bits per heavy atom. The summed E-state index contributed by atoms with van der Waals surface area (Å²) in [7, 11) is 3.00. The van der Waals surface area contributed by atoms with Crippen molar-refractivity contribution >= 4 is 17.7 Å². The quantitative estimate of drug-likeness (QED) is 0.501. The van der Waals surface area contributed by atoms with Gasteiger partial charge in [-0.2, -0.15) is 0 Å². The number of benzene rings is 2. The van der Waals surface area contributed by atoms with Crippen molar-refractivity contribution in [3.05, 3.63) is 59.7 Å². The van der Waals surface area contributed by atoms with Crippen LogP contribution in [0.25, 0.3) is 0 Å². The maximum atomic E-state index is 13.2. The van der Waals surface area contributed by atoms with Crippen LogP contribution in [0.2, 0.25) is 0 Å². The van der Waals surface area contributed by atoms with Crippen molar-refractivity contribution in [3.63, 3.8) is 0 Å². The zero-order chi connectivity index (χ0) is 22.4. The summed E-state index contributed by atoms with van der Waals surface area (Å²) in [5, 5.41) is 0. The number of amides is 1. The molecular weight excluding hydrogens is 398 g/mol. The molecule has 0 aliphatic carbocycles. The summed E-state index contributed by atoms with van der Waals surface area (Å²) in [4.78, 5) is 39.3. The lowest BCUT2D eigenvalue weighted by atomic mass is 9.72. The van der Waals surface area contributed by atoms with Crippen molar-refractivity contribution in [2.24, 2.45) is 0 Å². The van der Waals surface area contributed by atoms with Gasteiger partial charge in [0.1, 0.15) is 0 Å². The predicted molar refractivity (Wildman–Crippen MR) is 114 cm³/mol. The number of Topliss-reactive ketones (excluding diaryl/α,β-unsaturated/α-hetero) is 1.